The van der Waals surface area contributed by atoms with Gasteiger partial charge >= 0.3 is 0 Å². The summed E-state index contributed by atoms with van der Waals surface area (Å²) < 4.78 is 6.00. The molecule has 1 aliphatic rings. The van der Waals surface area contributed by atoms with Crippen molar-refractivity contribution in [3.63, 3.8) is 0 Å². The Labute approximate surface area is 130 Å². The molecular formula is C17H22N2OS. The van der Waals surface area contributed by atoms with Crippen LogP contribution in [-0.2, 0) is 18.4 Å². The fraction of sp³-hybridized carbons (Fsp3) is 0.471. The second-order valence-corrected chi connectivity index (χ2v) is 7.43. The van der Waals surface area contributed by atoms with Gasteiger partial charge in [0, 0.05) is 17.3 Å². The van der Waals surface area contributed by atoms with Crippen molar-refractivity contribution in [2.24, 2.45) is 0 Å². The van der Waals surface area contributed by atoms with E-state index in [1.807, 2.05) is 6.07 Å². The number of hydrogen-bond donors (Lipinski definition) is 1. The minimum atomic E-state index is 0.0994. The van der Waals surface area contributed by atoms with Gasteiger partial charge in [-0.1, -0.05) is 32.9 Å². The number of nitrogens with zero attached hydrogens (tertiary/aromatic N) is 1. The van der Waals surface area contributed by atoms with E-state index < -0.39 is 0 Å². The molecular weight excluding hydrogens is 280 g/mol. The lowest BCUT2D eigenvalue weighted by molar-refractivity contribution is 0.305. The third kappa shape index (κ3) is 3.21. The van der Waals surface area contributed by atoms with E-state index in [1.165, 1.54) is 12.0 Å². The molecule has 0 bridgehead atoms. The number of fused-ring (bicyclic) bond motifs is 1. The normalized spacial score (nSPS) is 14.4. The fourth-order valence-electron chi connectivity index (χ4n) is 2.46. The van der Waals surface area contributed by atoms with Gasteiger partial charge in [0.05, 0.1) is 11.4 Å². The van der Waals surface area contributed by atoms with Crippen LogP contribution < -0.4 is 10.1 Å². The molecule has 0 saturated carbocycles. The van der Waals surface area contributed by atoms with Crippen LogP contribution >= 0.6 is 11.3 Å². The average Bonchev–Trinajstić information content (AvgIpc) is 2.94. The lowest BCUT2D eigenvalue weighted by Crippen LogP contribution is -2.13. The van der Waals surface area contributed by atoms with Crippen molar-refractivity contribution in [3.8, 4) is 5.75 Å². The van der Waals surface area contributed by atoms with Gasteiger partial charge in [0.25, 0.3) is 0 Å². The van der Waals surface area contributed by atoms with E-state index in [-0.39, 0.29) is 5.41 Å². The second-order valence-electron chi connectivity index (χ2n) is 6.49. The number of para-hydroxylation sites is 1. The maximum Gasteiger partial charge on any atom is 0.143 e. The van der Waals surface area contributed by atoms with E-state index >= 15 is 0 Å². The molecule has 112 valence electrons. The zero-order valence-electron chi connectivity index (χ0n) is 12.9. The summed E-state index contributed by atoms with van der Waals surface area (Å²) in [6.07, 6.45) is 2.32. The third-order valence-corrected chi connectivity index (χ3v) is 4.53. The van der Waals surface area contributed by atoms with Crippen LogP contribution in [0.25, 0.3) is 0 Å². The van der Waals surface area contributed by atoms with Crippen molar-refractivity contribution in [2.45, 2.75) is 45.6 Å². The Morgan fingerprint density at radius 1 is 1.33 bits per heavy atom. The highest BCUT2D eigenvalue weighted by Crippen LogP contribution is 2.33. The van der Waals surface area contributed by atoms with Crippen molar-refractivity contribution >= 4 is 17.0 Å². The summed E-state index contributed by atoms with van der Waals surface area (Å²) >= 11 is 1.68. The molecule has 0 unspecified atom stereocenters. The maximum absolute atomic E-state index is 6.00. The molecule has 1 aliphatic heterocycles. The van der Waals surface area contributed by atoms with Crippen molar-refractivity contribution in [1.82, 2.24) is 4.98 Å². The zero-order valence-corrected chi connectivity index (χ0v) is 13.7. The van der Waals surface area contributed by atoms with Crippen molar-refractivity contribution in [2.75, 3.05) is 11.9 Å². The highest BCUT2D eigenvalue weighted by atomic mass is 32.1. The zero-order chi connectivity index (χ0) is 14.9. The average molecular weight is 302 g/mol. The second kappa shape index (κ2) is 5.68. The first kappa shape index (κ1) is 14.4. The van der Waals surface area contributed by atoms with Crippen molar-refractivity contribution in [3.05, 3.63) is 39.8 Å². The number of aryl methyl sites for hydroxylation is 1. The standard InChI is InChI=1S/C17H22N2OS/c1-17(2,3)14-11-21-15(19-14)10-20-13-8-4-6-12-7-5-9-18-16(12)13/h4,6,8,11,18H,5,7,9-10H2,1-3H3. The van der Waals surface area contributed by atoms with Gasteiger partial charge in [0.15, 0.2) is 0 Å². The minimum Gasteiger partial charge on any atom is -0.484 e. The fourth-order valence-corrected chi connectivity index (χ4v) is 3.39. The largest absolute Gasteiger partial charge is 0.484 e. The first-order valence-electron chi connectivity index (χ1n) is 7.47. The van der Waals surface area contributed by atoms with Crippen LogP contribution in [0.5, 0.6) is 5.75 Å². The number of thiazole rings is 1. The van der Waals surface area contributed by atoms with Crippen LogP contribution in [0.4, 0.5) is 5.69 Å². The molecule has 0 fully saturated rings. The number of hydrogen-bond acceptors (Lipinski definition) is 4. The molecule has 0 saturated heterocycles. The summed E-state index contributed by atoms with van der Waals surface area (Å²) in [6.45, 7) is 8.12. The number of ether oxygens (including phenoxy) is 1. The Hall–Kier alpha value is -1.55. The Bertz CT molecular complexity index is 628. The van der Waals surface area contributed by atoms with Gasteiger partial charge in [-0.15, -0.1) is 11.3 Å². The van der Waals surface area contributed by atoms with E-state index in [1.54, 1.807) is 11.3 Å². The van der Waals surface area contributed by atoms with Crippen LogP contribution in [0.3, 0.4) is 0 Å². The highest BCUT2D eigenvalue weighted by Gasteiger charge is 2.18. The van der Waals surface area contributed by atoms with Gasteiger partial charge in [0.2, 0.25) is 0 Å². The monoisotopic (exact) mass is 302 g/mol. The lowest BCUT2D eigenvalue weighted by Gasteiger charge is -2.20. The Kier molecular flexibility index (Phi) is 3.89. The van der Waals surface area contributed by atoms with Gasteiger partial charge in [-0.25, -0.2) is 4.98 Å². The van der Waals surface area contributed by atoms with Crippen LogP contribution in [0.1, 0.15) is 43.5 Å². The summed E-state index contributed by atoms with van der Waals surface area (Å²) in [5.41, 5.74) is 3.76. The number of anilines is 1. The molecule has 3 nitrogen and oxygen atoms in total. The first-order chi connectivity index (χ1) is 10.0. The van der Waals surface area contributed by atoms with Gasteiger partial charge in [-0.05, 0) is 24.5 Å². The van der Waals surface area contributed by atoms with Crippen LogP contribution in [0.15, 0.2) is 23.6 Å². The van der Waals surface area contributed by atoms with Gasteiger partial charge in [0.1, 0.15) is 17.4 Å². The molecule has 1 aromatic heterocycles. The molecule has 0 aliphatic carbocycles. The molecule has 1 N–H and O–H groups in total. The molecule has 3 rings (SSSR count). The SMILES string of the molecule is CC(C)(C)c1csc(COc2cccc3c2NCCC3)n1. The molecule has 0 atom stereocenters. The minimum absolute atomic E-state index is 0.0994. The van der Waals surface area contributed by atoms with Gasteiger partial charge < -0.3 is 10.1 Å². The summed E-state index contributed by atoms with van der Waals surface area (Å²) in [5.74, 6) is 0.944. The third-order valence-electron chi connectivity index (χ3n) is 3.71. The molecule has 1 aromatic carbocycles. The van der Waals surface area contributed by atoms with Gasteiger partial charge in [-0.2, -0.15) is 0 Å². The molecule has 0 radical (unpaired) electrons. The molecule has 2 aromatic rings. The lowest BCUT2D eigenvalue weighted by atomic mass is 9.93. The Balaban J connectivity index is 1.72. The highest BCUT2D eigenvalue weighted by molar-refractivity contribution is 7.09. The maximum atomic E-state index is 6.00. The van der Waals surface area contributed by atoms with E-state index in [0.717, 1.165) is 35.1 Å². The number of nitrogens with one attached hydrogen (secondary N) is 1. The Morgan fingerprint density at radius 2 is 2.19 bits per heavy atom. The van der Waals surface area contributed by atoms with Gasteiger partial charge in [-0.3, -0.25) is 0 Å². The van der Waals surface area contributed by atoms with E-state index in [2.05, 4.69) is 48.6 Å². The summed E-state index contributed by atoms with van der Waals surface area (Å²) in [4.78, 5) is 4.68. The van der Waals surface area contributed by atoms with Crippen LogP contribution in [0, 0.1) is 0 Å². The van der Waals surface area contributed by atoms with Crippen LogP contribution in [0.2, 0.25) is 0 Å². The molecule has 4 heteroatoms. The summed E-state index contributed by atoms with van der Waals surface area (Å²) in [6, 6.07) is 6.29. The summed E-state index contributed by atoms with van der Waals surface area (Å²) in [7, 11) is 0. The summed E-state index contributed by atoms with van der Waals surface area (Å²) in [5, 5.41) is 6.63. The van der Waals surface area contributed by atoms with Crippen molar-refractivity contribution < 1.29 is 4.74 Å². The molecule has 0 amide bonds. The van der Waals surface area contributed by atoms with E-state index in [9.17, 15) is 0 Å². The van der Waals surface area contributed by atoms with Crippen LogP contribution in [-0.4, -0.2) is 11.5 Å². The number of benzene rings is 1. The van der Waals surface area contributed by atoms with E-state index in [4.69, 9.17) is 4.74 Å². The number of aromatic nitrogens is 1. The molecule has 2 heterocycles. The molecule has 21 heavy (non-hydrogen) atoms. The first-order valence-corrected chi connectivity index (χ1v) is 8.35. The topological polar surface area (TPSA) is 34.1 Å². The number of rotatable bonds is 3. The Morgan fingerprint density at radius 3 is 2.95 bits per heavy atom. The quantitative estimate of drug-likeness (QED) is 0.913. The smallest absolute Gasteiger partial charge is 0.143 e. The predicted octanol–water partition coefficient (Wildman–Crippen LogP) is 4.38. The van der Waals surface area contributed by atoms with E-state index in [0.29, 0.717) is 6.61 Å². The van der Waals surface area contributed by atoms with Crippen molar-refractivity contribution in [1.29, 1.82) is 0 Å². The predicted molar refractivity (Wildman–Crippen MR) is 88.4 cm³/mol. The molecule has 0 spiro atoms.